The highest BCUT2D eigenvalue weighted by molar-refractivity contribution is 7.83. The second-order valence-corrected chi connectivity index (χ2v) is 6.48. The van der Waals surface area contributed by atoms with E-state index in [0.29, 0.717) is 5.92 Å². The Morgan fingerprint density at radius 3 is 1.61 bits per heavy atom. The molecule has 0 aromatic rings. The summed E-state index contributed by atoms with van der Waals surface area (Å²) in [5.74, 6) is 0.490. The van der Waals surface area contributed by atoms with Crippen molar-refractivity contribution in [1.82, 2.24) is 0 Å². The van der Waals surface area contributed by atoms with Crippen LogP contribution in [0.5, 0.6) is 0 Å². The second-order valence-electron chi connectivity index (χ2n) is 5.41. The molecule has 0 aromatic carbocycles. The molecule has 0 radical (unpaired) electrons. The average Bonchev–Trinajstić information content (AvgIpc) is 2.35. The minimum Gasteiger partial charge on any atom is -0.0762 e. The lowest BCUT2D eigenvalue weighted by Gasteiger charge is -2.14. The molecule has 0 bridgehead atoms. The molecule has 2 heteroatoms. The van der Waals surface area contributed by atoms with Gasteiger partial charge in [-0.3, -0.25) is 0 Å². The van der Waals surface area contributed by atoms with E-state index in [1.54, 1.807) is 0 Å². The van der Waals surface area contributed by atoms with Crippen molar-refractivity contribution in [1.29, 1.82) is 0 Å². The molecule has 0 aliphatic heterocycles. The topological polar surface area (TPSA) is 0 Å². The van der Waals surface area contributed by atoms with Crippen LogP contribution in [0.4, 0.5) is 0 Å². The molecule has 0 N–H and O–H groups in total. The summed E-state index contributed by atoms with van der Waals surface area (Å²) in [6.45, 7) is 4.51. The molecule has 0 spiro atoms. The van der Waals surface area contributed by atoms with Crippen LogP contribution in [0.25, 0.3) is 0 Å². The Bertz CT molecular complexity index is 192. The molecular formula is C16H31ClS. The van der Waals surface area contributed by atoms with Gasteiger partial charge in [0.25, 0.3) is 0 Å². The second kappa shape index (κ2) is 13.8. The van der Waals surface area contributed by atoms with Crippen LogP contribution in [0.2, 0.25) is 0 Å². The van der Waals surface area contributed by atoms with E-state index in [-0.39, 0.29) is 0 Å². The van der Waals surface area contributed by atoms with E-state index in [9.17, 15) is 0 Å². The molecule has 1 atom stereocenters. The lowest BCUT2D eigenvalue weighted by molar-refractivity contribution is 0.494. The minimum absolute atomic E-state index is 0.490. The fourth-order valence-electron chi connectivity index (χ4n) is 2.36. The summed E-state index contributed by atoms with van der Waals surface area (Å²) in [6.07, 6.45) is 15.8. The Labute approximate surface area is 125 Å². The summed E-state index contributed by atoms with van der Waals surface area (Å²) >= 11 is 11.2. The van der Waals surface area contributed by atoms with Crippen molar-refractivity contribution >= 4 is 28.1 Å². The largest absolute Gasteiger partial charge is 0.0839 e. The maximum atomic E-state index is 6.05. The lowest BCUT2D eigenvalue weighted by atomic mass is 9.96. The molecule has 0 aliphatic rings. The first kappa shape index (κ1) is 18.4. The highest BCUT2D eigenvalue weighted by Crippen LogP contribution is 2.22. The van der Waals surface area contributed by atoms with Crippen molar-refractivity contribution in [2.75, 3.05) is 0 Å². The van der Waals surface area contributed by atoms with Gasteiger partial charge in [0, 0.05) is 5.92 Å². The Hall–Kier alpha value is 0.380. The van der Waals surface area contributed by atoms with Gasteiger partial charge < -0.3 is 0 Å². The number of rotatable bonds is 13. The van der Waals surface area contributed by atoms with Gasteiger partial charge in [-0.25, -0.2) is 0 Å². The molecular weight excluding hydrogens is 260 g/mol. The normalized spacial score (nSPS) is 12.6. The summed E-state index contributed by atoms with van der Waals surface area (Å²) in [4.78, 5) is 0. The van der Waals surface area contributed by atoms with Crippen molar-refractivity contribution in [3.05, 3.63) is 0 Å². The SMILES string of the molecule is CCCCCCCCC(CCCCCC)C(=S)Cl. The van der Waals surface area contributed by atoms with Crippen LogP contribution in [0.3, 0.4) is 0 Å². The average molecular weight is 291 g/mol. The first-order chi connectivity index (χ1) is 8.72. The third-order valence-corrected chi connectivity index (χ3v) is 4.28. The van der Waals surface area contributed by atoms with Crippen LogP contribution >= 0.6 is 23.8 Å². The van der Waals surface area contributed by atoms with Crippen LogP contribution in [0.1, 0.15) is 90.9 Å². The first-order valence-electron chi connectivity index (χ1n) is 7.91. The Morgan fingerprint density at radius 1 is 0.778 bits per heavy atom. The van der Waals surface area contributed by atoms with Gasteiger partial charge in [-0.1, -0.05) is 102 Å². The molecule has 0 nitrogen and oxygen atoms in total. The summed E-state index contributed by atoms with van der Waals surface area (Å²) in [5.41, 5.74) is 0. The van der Waals surface area contributed by atoms with Gasteiger partial charge in [0.1, 0.15) is 0 Å². The zero-order chi connectivity index (χ0) is 13.6. The molecule has 0 aromatic heterocycles. The first-order valence-corrected chi connectivity index (χ1v) is 8.70. The Balaban J connectivity index is 3.54. The van der Waals surface area contributed by atoms with Gasteiger partial charge in [-0.15, -0.1) is 0 Å². The monoisotopic (exact) mass is 290 g/mol. The number of hydrogen-bond donors (Lipinski definition) is 0. The van der Waals surface area contributed by atoms with Crippen LogP contribution in [0, 0.1) is 5.92 Å². The highest BCUT2D eigenvalue weighted by Gasteiger charge is 2.11. The third kappa shape index (κ3) is 11.5. The predicted octanol–water partition coefficient (Wildman–Crippen LogP) is 6.89. The van der Waals surface area contributed by atoms with Crippen molar-refractivity contribution in [3.63, 3.8) is 0 Å². The van der Waals surface area contributed by atoms with Crippen LogP contribution in [-0.2, 0) is 0 Å². The van der Waals surface area contributed by atoms with Gasteiger partial charge in [0.2, 0.25) is 0 Å². The van der Waals surface area contributed by atoms with E-state index >= 15 is 0 Å². The number of thiocarbonyl (C=S) groups is 1. The van der Waals surface area contributed by atoms with Gasteiger partial charge in [0.15, 0.2) is 0 Å². The van der Waals surface area contributed by atoms with Crippen molar-refractivity contribution in [2.24, 2.45) is 5.92 Å². The highest BCUT2D eigenvalue weighted by atomic mass is 35.5. The van der Waals surface area contributed by atoms with Gasteiger partial charge in [-0.2, -0.15) is 0 Å². The fourth-order valence-corrected chi connectivity index (χ4v) is 2.81. The van der Waals surface area contributed by atoms with Crippen molar-refractivity contribution < 1.29 is 0 Å². The third-order valence-electron chi connectivity index (χ3n) is 3.63. The number of halogens is 1. The fraction of sp³-hybridized carbons (Fsp3) is 0.938. The van der Waals surface area contributed by atoms with Crippen LogP contribution in [0.15, 0.2) is 0 Å². The van der Waals surface area contributed by atoms with Gasteiger partial charge >= 0.3 is 0 Å². The molecule has 108 valence electrons. The molecule has 0 heterocycles. The standard InChI is InChI=1S/C16H31ClS/c1-3-5-7-9-10-12-14-15(16(17)18)13-11-8-6-4-2/h15H,3-14H2,1-2H3. The molecule has 0 amide bonds. The quantitative estimate of drug-likeness (QED) is 0.202. The lowest BCUT2D eigenvalue weighted by Crippen LogP contribution is -2.07. The minimum atomic E-state index is 0.490. The van der Waals surface area contributed by atoms with Crippen molar-refractivity contribution in [3.8, 4) is 0 Å². The molecule has 0 saturated carbocycles. The molecule has 0 aliphatic carbocycles. The zero-order valence-corrected chi connectivity index (χ0v) is 13.9. The molecule has 0 rings (SSSR count). The van der Waals surface area contributed by atoms with E-state index in [1.165, 1.54) is 77.0 Å². The molecule has 0 saturated heterocycles. The maximum Gasteiger partial charge on any atom is 0.0839 e. The molecule has 1 unspecified atom stereocenters. The molecule has 0 fully saturated rings. The molecule has 18 heavy (non-hydrogen) atoms. The van der Waals surface area contributed by atoms with E-state index < -0.39 is 0 Å². The number of unbranched alkanes of at least 4 members (excludes halogenated alkanes) is 8. The van der Waals surface area contributed by atoms with Crippen molar-refractivity contribution in [2.45, 2.75) is 90.9 Å². The van der Waals surface area contributed by atoms with E-state index in [1.807, 2.05) is 0 Å². The van der Waals surface area contributed by atoms with E-state index in [4.69, 9.17) is 23.8 Å². The van der Waals surface area contributed by atoms with Crippen LogP contribution in [-0.4, -0.2) is 4.32 Å². The zero-order valence-electron chi connectivity index (χ0n) is 12.3. The van der Waals surface area contributed by atoms with Gasteiger partial charge in [0.05, 0.1) is 4.32 Å². The smallest absolute Gasteiger partial charge is 0.0762 e. The summed E-state index contributed by atoms with van der Waals surface area (Å²) in [7, 11) is 0. The number of hydrogen-bond acceptors (Lipinski definition) is 1. The Kier molecular flexibility index (Phi) is 14.1. The summed E-state index contributed by atoms with van der Waals surface area (Å²) in [6, 6.07) is 0. The predicted molar refractivity (Wildman–Crippen MR) is 88.7 cm³/mol. The van der Waals surface area contributed by atoms with Crippen LogP contribution < -0.4 is 0 Å². The Morgan fingerprint density at radius 2 is 1.17 bits per heavy atom. The van der Waals surface area contributed by atoms with E-state index in [2.05, 4.69) is 13.8 Å². The maximum absolute atomic E-state index is 6.05. The summed E-state index contributed by atoms with van der Waals surface area (Å²) in [5, 5.41) is 0. The summed E-state index contributed by atoms with van der Waals surface area (Å²) < 4.78 is 0.722. The van der Waals surface area contributed by atoms with E-state index in [0.717, 1.165) is 4.32 Å². The van der Waals surface area contributed by atoms with Gasteiger partial charge in [-0.05, 0) is 12.8 Å².